The van der Waals surface area contributed by atoms with Gasteiger partial charge in [-0.3, -0.25) is 14.4 Å². The number of likely N-dealkylation sites (tertiary alicyclic amines) is 1. The smallest absolute Gasteiger partial charge is 0.253 e. The summed E-state index contributed by atoms with van der Waals surface area (Å²) in [5, 5.41) is 9.67. The number of rotatable bonds is 14. The maximum atomic E-state index is 14.9. The van der Waals surface area contributed by atoms with E-state index in [1.165, 1.54) is 0 Å². The van der Waals surface area contributed by atoms with Gasteiger partial charge in [-0.1, -0.05) is 73.9 Å². The van der Waals surface area contributed by atoms with Gasteiger partial charge in [-0.05, 0) is 56.4 Å². The van der Waals surface area contributed by atoms with Crippen LogP contribution in [0.25, 0.3) is 0 Å². The predicted octanol–water partition coefficient (Wildman–Crippen LogP) is 5.64. The summed E-state index contributed by atoms with van der Waals surface area (Å²) in [6.45, 7) is 12.7. The fourth-order valence-electron chi connectivity index (χ4n) is 7.86. The van der Waals surface area contributed by atoms with E-state index in [2.05, 4.69) is 13.2 Å². The van der Waals surface area contributed by atoms with Crippen molar-refractivity contribution in [2.75, 3.05) is 36.0 Å². The van der Waals surface area contributed by atoms with E-state index in [0.717, 1.165) is 12.8 Å². The van der Waals surface area contributed by atoms with Crippen molar-refractivity contribution in [3.05, 3.63) is 84.9 Å². The summed E-state index contributed by atoms with van der Waals surface area (Å²) >= 11 is 6.60. The first kappa shape index (κ1) is 32.9. The van der Waals surface area contributed by atoms with Gasteiger partial charge in [-0.15, -0.1) is 13.2 Å². The number of hydrogen-bond acceptors (Lipinski definition) is 5. The van der Waals surface area contributed by atoms with Gasteiger partial charge in [0.2, 0.25) is 11.8 Å². The fourth-order valence-corrected chi connectivity index (χ4v) is 8.10. The number of hydrogen-bond donors (Lipinski definition) is 1. The number of nitrogens with zero attached hydrogens (tertiary/aromatic N) is 3. The van der Waals surface area contributed by atoms with Crippen molar-refractivity contribution in [3.63, 3.8) is 0 Å². The second-order valence-corrected chi connectivity index (χ2v) is 13.0. The quantitative estimate of drug-likeness (QED) is 0.215. The van der Waals surface area contributed by atoms with Gasteiger partial charge in [-0.25, -0.2) is 0 Å². The minimum absolute atomic E-state index is 0.0928. The summed E-state index contributed by atoms with van der Waals surface area (Å²) in [6, 6.07) is 15.6. The van der Waals surface area contributed by atoms with Crippen LogP contribution in [0.5, 0.6) is 0 Å². The third-order valence-corrected chi connectivity index (χ3v) is 10.3. The highest BCUT2D eigenvalue weighted by molar-refractivity contribution is 6.34. The lowest BCUT2D eigenvalue weighted by Crippen LogP contribution is -2.57. The van der Waals surface area contributed by atoms with Gasteiger partial charge in [0.1, 0.15) is 11.6 Å². The highest BCUT2D eigenvalue weighted by atomic mass is 35.5. The normalized spacial score (nSPS) is 28.2. The first-order chi connectivity index (χ1) is 21.7. The molecule has 0 saturated carbocycles. The number of anilines is 2. The largest absolute Gasteiger partial charge is 0.396 e. The molecule has 2 aromatic rings. The maximum absolute atomic E-state index is 14.9. The van der Waals surface area contributed by atoms with Crippen LogP contribution in [0.15, 0.2) is 79.9 Å². The van der Waals surface area contributed by atoms with Crippen LogP contribution in [0.4, 0.5) is 11.4 Å². The van der Waals surface area contributed by atoms with Crippen molar-refractivity contribution in [1.29, 1.82) is 0 Å². The number of ether oxygens (including phenoxy) is 1. The van der Waals surface area contributed by atoms with E-state index in [9.17, 15) is 19.5 Å². The molecule has 9 heteroatoms. The Bertz CT molecular complexity index is 1430. The number of para-hydroxylation sites is 2. The summed E-state index contributed by atoms with van der Waals surface area (Å²) in [5.74, 6) is -2.45. The zero-order valence-electron chi connectivity index (χ0n) is 26.2. The number of fused-ring (bicyclic) bond motifs is 1. The molecule has 3 amide bonds. The lowest BCUT2D eigenvalue weighted by Gasteiger charge is -2.39. The van der Waals surface area contributed by atoms with Gasteiger partial charge < -0.3 is 24.5 Å². The molecule has 0 aromatic heterocycles. The van der Waals surface area contributed by atoms with Crippen LogP contribution in [0.1, 0.15) is 46.0 Å². The first-order valence-electron chi connectivity index (χ1n) is 15.9. The summed E-state index contributed by atoms with van der Waals surface area (Å²) in [4.78, 5) is 49.1. The molecular formula is C36H44ClN3O5. The Balaban J connectivity index is 1.59. The molecule has 6 atom stereocenters. The summed E-state index contributed by atoms with van der Waals surface area (Å²) in [6.07, 6.45) is 6.73. The molecule has 0 radical (unpaired) electrons. The summed E-state index contributed by atoms with van der Waals surface area (Å²) < 4.78 is 6.98. The molecule has 3 unspecified atom stereocenters. The highest BCUT2D eigenvalue weighted by Crippen LogP contribution is 2.65. The summed E-state index contributed by atoms with van der Waals surface area (Å²) in [7, 11) is 0. The Morgan fingerprint density at radius 3 is 2.31 bits per heavy atom. The molecule has 240 valence electrons. The Hall–Kier alpha value is -3.46. The molecule has 3 saturated heterocycles. The van der Waals surface area contributed by atoms with Crippen molar-refractivity contribution in [2.24, 2.45) is 17.8 Å². The average Bonchev–Trinajstić information content (AvgIpc) is 3.55. The maximum Gasteiger partial charge on any atom is 0.253 e. The van der Waals surface area contributed by atoms with E-state index in [1.54, 1.807) is 45.1 Å². The molecule has 0 aliphatic carbocycles. The molecule has 3 aliphatic rings. The van der Waals surface area contributed by atoms with Gasteiger partial charge >= 0.3 is 0 Å². The average molecular weight is 634 g/mol. The molecule has 5 rings (SSSR count). The van der Waals surface area contributed by atoms with Gasteiger partial charge in [0.05, 0.1) is 28.1 Å². The van der Waals surface area contributed by atoms with Gasteiger partial charge in [-0.2, -0.15) is 0 Å². The van der Waals surface area contributed by atoms with Gasteiger partial charge in [0, 0.05) is 31.9 Å². The first-order valence-corrected chi connectivity index (χ1v) is 16.3. The van der Waals surface area contributed by atoms with Crippen LogP contribution in [-0.4, -0.2) is 71.2 Å². The Kier molecular flexibility index (Phi) is 9.87. The Morgan fingerprint density at radius 2 is 1.64 bits per heavy atom. The minimum Gasteiger partial charge on any atom is -0.396 e. The van der Waals surface area contributed by atoms with Crippen LogP contribution in [0.3, 0.4) is 0 Å². The standard InChI is InChI=1S/C36H44ClN3O5/c1-5-20-38(26-16-10-9-11-17-26)32(42)29-30-33(43)40(22-14-7-8-15-23-41)31(36(30)24-25(3)35(29,4)45-36)34(44)39(21-6-2)28-19-13-12-18-27(28)37/h5-6,9-13,16-19,25,29-31,41H,1-2,7-8,14-15,20-24H2,3-4H3/t25?,29-,30-,31?,35+,36?/m0/s1. The molecule has 1 N–H and O–H groups in total. The third-order valence-electron chi connectivity index (χ3n) is 9.99. The van der Waals surface area contributed by atoms with Crippen molar-refractivity contribution in [1.82, 2.24) is 4.90 Å². The number of halogens is 1. The van der Waals surface area contributed by atoms with Crippen LogP contribution in [0, 0.1) is 17.8 Å². The Labute approximate surface area is 271 Å². The molecule has 45 heavy (non-hydrogen) atoms. The molecule has 3 heterocycles. The van der Waals surface area contributed by atoms with E-state index in [-0.39, 0.29) is 43.3 Å². The number of unbranched alkanes of at least 4 members (excludes halogenated alkanes) is 3. The lowest BCUT2D eigenvalue weighted by atomic mass is 9.62. The van der Waals surface area contributed by atoms with E-state index >= 15 is 0 Å². The molecule has 3 aliphatic heterocycles. The fraction of sp³-hybridized carbons (Fsp3) is 0.472. The molecule has 2 aromatic carbocycles. The molecule has 8 nitrogen and oxygen atoms in total. The van der Waals surface area contributed by atoms with Crippen LogP contribution < -0.4 is 9.80 Å². The number of carbonyl (C=O) groups excluding carboxylic acids is 3. The molecule has 1 spiro atoms. The minimum atomic E-state index is -1.19. The number of carbonyl (C=O) groups is 3. The van der Waals surface area contributed by atoms with Crippen LogP contribution in [-0.2, 0) is 19.1 Å². The highest BCUT2D eigenvalue weighted by Gasteiger charge is 2.80. The molecule has 3 fully saturated rings. The zero-order chi connectivity index (χ0) is 32.4. The Morgan fingerprint density at radius 1 is 1.00 bits per heavy atom. The number of aliphatic hydroxyl groups is 1. The number of amides is 3. The predicted molar refractivity (Wildman–Crippen MR) is 177 cm³/mol. The third kappa shape index (κ3) is 5.62. The van der Waals surface area contributed by atoms with Crippen LogP contribution in [0.2, 0.25) is 5.02 Å². The lowest BCUT2D eigenvalue weighted by molar-refractivity contribution is -0.145. The summed E-state index contributed by atoms with van der Waals surface area (Å²) in [5.41, 5.74) is -0.902. The monoisotopic (exact) mass is 633 g/mol. The number of aliphatic hydroxyl groups excluding tert-OH is 1. The van der Waals surface area contributed by atoms with E-state index in [4.69, 9.17) is 16.3 Å². The van der Waals surface area contributed by atoms with Crippen molar-refractivity contribution < 1.29 is 24.2 Å². The van der Waals surface area contributed by atoms with E-state index in [1.807, 2.05) is 50.2 Å². The van der Waals surface area contributed by atoms with Crippen molar-refractivity contribution in [2.45, 2.75) is 63.2 Å². The van der Waals surface area contributed by atoms with E-state index < -0.39 is 29.1 Å². The van der Waals surface area contributed by atoms with Gasteiger partial charge in [0.25, 0.3) is 5.91 Å². The van der Waals surface area contributed by atoms with E-state index in [0.29, 0.717) is 42.2 Å². The van der Waals surface area contributed by atoms with Crippen molar-refractivity contribution >= 4 is 40.7 Å². The number of benzene rings is 2. The topological polar surface area (TPSA) is 90.4 Å². The second-order valence-electron chi connectivity index (χ2n) is 12.6. The van der Waals surface area contributed by atoms with Gasteiger partial charge in [0.15, 0.2) is 0 Å². The molecule has 2 bridgehead atoms. The van der Waals surface area contributed by atoms with Crippen molar-refractivity contribution in [3.8, 4) is 0 Å². The second kappa shape index (κ2) is 13.5. The SMILES string of the molecule is C=CCN(C(=O)[C@@H]1[C@H]2C(=O)N(CCCCCCO)C(C(=O)N(CC=C)c3ccccc3Cl)C23CC(C)[C@@]1(C)O3)c1ccccc1. The van der Waals surface area contributed by atoms with Crippen LogP contribution >= 0.6 is 11.6 Å². The zero-order valence-corrected chi connectivity index (χ0v) is 27.0. The molecular weight excluding hydrogens is 590 g/mol.